The summed E-state index contributed by atoms with van der Waals surface area (Å²) >= 11 is 0. The zero-order valence-corrected chi connectivity index (χ0v) is 7.70. The number of nitrogens with two attached hydrogens (primary N) is 1. The number of hydrogen-bond donors (Lipinski definition) is 1. The average Bonchev–Trinajstić information content (AvgIpc) is 1.88. The Balaban J connectivity index is 0.000001000. The number of rotatable bonds is 2. The molecule has 1 amide bonds. The predicted molar refractivity (Wildman–Crippen MR) is 49.7 cm³/mol. The fourth-order valence-electron chi connectivity index (χ4n) is 0.797. The van der Waals surface area contributed by atoms with Crippen molar-refractivity contribution in [2.24, 2.45) is 5.73 Å². The maximum absolute atomic E-state index is 10.4. The van der Waals surface area contributed by atoms with Crippen LogP contribution in [-0.2, 0) is 11.2 Å². The van der Waals surface area contributed by atoms with Gasteiger partial charge in [-0.25, -0.2) is 0 Å². The van der Waals surface area contributed by atoms with Gasteiger partial charge >= 0.3 is 0 Å². The number of carbonyl (C=O) groups is 1. The molecule has 0 aliphatic carbocycles. The highest BCUT2D eigenvalue weighted by Crippen LogP contribution is 1.97. The highest BCUT2D eigenvalue weighted by Gasteiger charge is 1.94. The van der Waals surface area contributed by atoms with Crippen molar-refractivity contribution in [1.29, 1.82) is 0 Å². The van der Waals surface area contributed by atoms with Crippen molar-refractivity contribution in [2.45, 2.75) is 6.42 Å². The summed E-state index contributed by atoms with van der Waals surface area (Å²) < 4.78 is 0. The molecule has 0 saturated heterocycles. The zero-order chi connectivity index (χ0) is 7.40. The summed E-state index contributed by atoms with van der Waals surface area (Å²) in [5.74, 6) is -0.286. The van der Waals surface area contributed by atoms with Gasteiger partial charge in [-0.3, -0.25) is 4.79 Å². The summed E-state index contributed by atoms with van der Waals surface area (Å²) in [4.78, 5) is 10.4. The van der Waals surface area contributed by atoms with Gasteiger partial charge in [0.05, 0.1) is 6.42 Å². The van der Waals surface area contributed by atoms with E-state index in [4.69, 9.17) is 5.73 Å². The molecule has 0 bridgehead atoms. The number of halogens is 1. The van der Waals surface area contributed by atoms with Gasteiger partial charge < -0.3 is 5.73 Å². The lowest BCUT2D eigenvalue weighted by molar-refractivity contribution is -0.117. The van der Waals surface area contributed by atoms with E-state index in [1.54, 1.807) is 0 Å². The second-order valence-corrected chi connectivity index (χ2v) is 2.13. The lowest BCUT2D eigenvalue weighted by Crippen LogP contribution is -2.13. The van der Waals surface area contributed by atoms with E-state index in [2.05, 4.69) is 0 Å². The van der Waals surface area contributed by atoms with Gasteiger partial charge in [-0.05, 0) is 5.56 Å². The summed E-state index contributed by atoms with van der Waals surface area (Å²) in [5.41, 5.74) is 5.95. The molecule has 0 fully saturated rings. The molecule has 2 N–H and O–H groups in total. The van der Waals surface area contributed by atoms with Crippen LogP contribution in [0.4, 0.5) is 0 Å². The molecule has 1 rings (SSSR count). The standard InChI is InChI=1S/C8H9NO.BrH/c9-8(10)6-7-4-2-1-3-5-7;/h1-5H,6H2,(H2,9,10);1H. The molecule has 2 nitrogen and oxygen atoms in total. The van der Waals surface area contributed by atoms with Crippen LogP contribution in [0.15, 0.2) is 30.3 Å². The largest absolute Gasteiger partial charge is 0.369 e. The van der Waals surface area contributed by atoms with Crippen molar-refractivity contribution >= 4 is 22.9 Å². The first-order valence-electron chi connectivity index (χ1n) is 3.11. The Kier molecular flexibility index (Phi) is 4.54. The molecular weight excluding hydrogens is 206 g/mol. The molecule has 0 aromatic heterocycles. The molecule has 0 saturated carbocycles. The minimum Gasteiger partial charge on any atom is -0.369 e. The SMILES string of the molecule is Br.NC(=O)Cc1ccccc1. The van der Waals surface area contributed by atoms with Crippen molar-refractivity contribution in [2.75, 3.05) is 0 Å². The third-order valence-electron chi connectivity index (χ3n) is 1.22. The number of benzene rings is 1. The highest BCUT2D eigenvalue weighted by atomic mass is 79.9. The second-order valence-electron chi connectivity index (χ2n) is 2.13. The first-order valence-corrected chi connectivity index (χ1v) is 3.11. The lowest BCUT2D eigenvalue weighted by atomic mass is 10.1. The first-order chi connectivity index (χ1) is 4.79. The van der Waals surface area contributed by atoms with E-state index in [0.29, 0.717) is 6.42 Å². The van der Waals surface area contributed by atoms with Crippen molar-refractivity contribution in [3.8, 4) is 0 Å². The van der Waals surface area contributed by atoms with E-state index in [0.717, 1.165) is 5.56 Å². The quantitative estimate of drug-likeness (QED) is 0.795. The molecular formula is C8H10BrNO. The third-order valence-corrected chi connectivity index (χ3v) is 1.22. The molecule has 0 unspecified atom stereocenters. The fraction of sp³-hybridized carbons (Fsp3) is 0.125. The number of carbonyl (C=O) groups excluding carboxylic acids is 1. The smallest absolute Gasteiger partial charge is 0.221 e. The molecule has 0 atom stereocenters. The van der Waals surface area contributed by atoms with Gasteiger partial charge in [0, 0.05) is 0 Å². The molecule has 1 aromatic carbocycles. The molecule has 3 heteroatoms. The van der Waals surface area contributed by atoms with Crippen molar-refractivity contribution in [3.05, 3.63) is 35.9 Å². The van der Waals surface area contributed by atoms with Gasteiger partial charge in [0.25, 0.3) is 0 Å². The summed E-state index contributed by atoms with van der Waals surface area (Å²) in [7, 11) is 0. The lowest BCUT2D eigenvalue weighted by Gasteiger charge is -1.93. The third kappa shape index (κ3) is 3.78. The predicted octanol–water partition coefficient (Wildman–Crippen LogP) is 1.29. The van der Waals surface area contributed by atoms with Crippen LogP contribution in [-0.4, -0.2) is 5.91 Å². The van der Waals surface area contributed by atoms with Gasteiger partial charge in [-0.15, -0.1) is 17.0 Å². The second kappa shape index (κ2) is 4.91. The monoisotopic (exact) mass is 215 g/mol. The Bertz CT molecular complexity index is 223. The van der Waals surface area contributed by atoms with E-state index in [9.17, 15) is 4.79 Å². The number of primary amides is 1. The maximum atomic E-state index is 10.4. The normalized spacial score (nSPS) is 8.36. The van der Waals surface area contributed by atoms with Crippen LogP contribution in [0.25, 0.3) is 0 Å². The molecule has 60 valence electrons. The zero-order valence-electron chi connectivity index (χ0n) is 5.99. The first kappa shape index (κ1) is 10.2. The molecule has 0 aliphatic heterocycles. The molecule has 11 heavy (non-hydrogen) atoms. The van der Waals surface area contributed by atoms with Crippen LogP contribution < -0.4 is 5.73 Å². The van der Waals surface area contributed by atoms with Gasteiger partial charge in [0.2, 0.25) is 5.91 Å². The van der Waals surface area contributed by atoms with Crippen molar-refractivity contribution in [3.63, 3.8) is 0 Å². The topological polar surface area (TPSA) is 43.1 Å². The van der Waals surface area contributed by atoms with E-state index in [1.807, 2.05) is 30.3 Å². The van der Waals surface area contributed by atoms with Gasteiger partial charge in [0.1, 0.15) is 0 Å². The number of hydrogen-bond acceptors (Lipinski definition) is 1. The van der Waals surface area contributed by atoms with Gasteiger partial charge in [-0.2, -0.15) is 0 Å². The van der Waals surface area contributed by atoms with Crippen LogP contribution in [0.3, 0.4) is 0 Å². The molecule has 0 aliphatic rings. The summed E-state index contributed by atoms with van der Waals surface area (Å²) in [6.07, 6.45) is 0.334. The van der Waals surface area contributed by atoms with Gasteiger partial charge in [-0.1, -0.05) is 30.3 Å². The van der Waals surface area contributed by atoms with E-state index < -0.39 is 0 Å². The molecule has 1 aromatic rings. The molecule has 0 heterocycles. The Morgan fingerprint density at radius 2 is 1.82 bits per heavy atom. The van der Waals surface area contributed by atoms with Crippen LogP contribution in [0, 0.1) is 0 Å². The van der Waals surface area contributed by atoms with Crippen LogP contribution in [0.2, 0.25) is 0 Å². The Hall–Kier alpha value is -0.830. The van der Waals surface area contributed by atoms with Crippen molar-refractivity contribution < 1.29 is 4.79 Å². The van der Waals surface area contributed by atoms with Crippen LogP contribution in [0.1, 0.15) is 5.56 Å². The number of amides is 1. The average molecular weight is 216 g/mol. The van der Waals surface area contributed by atoms with Crippen LogP contribution in [0.5, 0.6) is 0 Å². The van der Waals surface area contributed by atoms with Gasteiger partial charge in [0.15, 0.2) is 0 Å². The minimum atomic E-state index is -0.286. The minimum absolute atomic E-state index is 0. The highest BCUT2D eigenvalue weighted by molar-refractivity contribution is 8.93. The van der Waals surface area contributed by atoms with E-state index in [-0.39, 0.29) is 22.9 Å². The van der Waals surface area contributed by atoms with Crippen LogP contribution >= 0.6 is 17.0 Å². The Morgan fingerprint density at radius 1 is 1.27 bits per heavy atom. The summed E-state index contributed by atoms with van der Waals surface area (Å²) in [6.45, 7) is 0. The fourth-order valence-corrected chi connectivity index (χ4v) is 0.797. The molecule has 0 radical (unpaired) electrons. The Labute approximate surface area is 76.2 Å². The molecule has 0 spiro atoms. The Morgan fingerprint density at radius 3 is 2.27 bits per heavy atom. The maximum Gasteiger partial charge on any atom is 0.221 e. The van der Waals surface area contributed by atoms with Crippen molar-refractivity contribution in [1.82, 2.24) is 0 Å². The summed E-state index contributed by atoms with van der Waals surface area (Å²) in [5, 5.41) is 0. The van der Waals surface area contributed by atoms with E-state index >= 15 is 0 Å². The van der Waals surface area contributed by atoms with E-state index in [1.165, 1.54) is 0 Å². The summed E-state index contributed by atoms with van der Waals surface area (Å²) in [6, 6.07) is 9.44.